The van der Waals surface area contributed by atoms with Crippen LogP contribution < -0.4 is 5.32 Å². The Balaban J connectivity index is 1.95. The summed E-state index contributed by atoms with van der Waals surface area (Å²) < 4.78 is 5.50. The molecule has 1 heterocycles. The van der Waals surface area contributed by atoms with E-state index in [0.717, 1.165) is 29.4 Å². The number of aromatic nitrogens is 2. The Morgan fingerprint density at radius 3 is 2.79 bits per heavy atom. The molecule has 1 aromatic carbocycles. The Hall–Kier alpha value is -1.39. The Morgan fingerprint density at radius 1 is 1.21 bits per heavy atom. The predicted molar refractivity (Wildman–Crippen MR) is 76.6 cm³/mol. The number of nitrogens with zero attached hydrogens (tertiary/aromatic N) is 2. The molecule has 0 bridgehead atoms. The van der Waals surface area contributed by atoms with Crippen LogP contribution in [0, 0.1) is 0 Å². The van der Waals surface area contributed by atoms with Crippen molar-refractivity contribution in [2.75, 3.05) is 12.4 Å². The van der Waals surface area contributed by atoms with Crippen molar-refractivity contribution >= 4 is 28.2 Å². The number of hydrogen-bond donors (Lipinski definition) is 1. The molecule has 3 rings (SSSR count). The molecule has 0 amide bonds. The molecule has 2 aromatic rings. The van der Waals surface area contributed by atoms with Gasteiger partial charge in [-0.25, -0.2) is 0 Å². The smallest absolute Gasteiger partial charge is 0.159 e. The Kier molecular flexibility index (Phi) is 3.53. The van der Waals surface area contributed by atoms with Gasteiger partial charge in [-0.3, -0.25) is 0 Å². The molecule has 0 radical (unpaired) electrons. The first-order valence-electron chi connectivity index (χ1n) is 6.50. The van der Waals surface area contributed by atoms with Crippen LogP contribution in [0.1, 0.15) is 19.3 Å². The third-order valence-corrected chi connectivity index (χ3v) is 4.00. The fourth-order valence-corrected chi connectivity index (χ4v) is 2.93. The first-order valence-corrected chi connectivity index (χ1v) is 6.87. The van der Waals surface area contributed by atoms with Crippen LogP contribution in [-0.4, -0.2) is 29.5 Å². The van der Waals surface area contributed by atoms with Crippen LogP contribution in [0.4, 0.5) is 5.82 Å². The van der Waals surface area contributed by atoms with Gasteiger partial charge in [-0.05, 0) is 19.3 Å². The van der Waals surface area contributed by atoms with Gasteiger partial charge in [0.25, 0.3) is 0 Å². The minimum Gasteiger partial charge on any atom is -0.379 e. The van der Waals surface area contributed by atoms with Crippen molar-refractivity contribution < 1.29 is 4.74 Å². The van der Waals surface area contributed by atoms with E-state index in [1.807, 2.05) is 24.3 Å². The third kappa shape index (κ3) is 2.38. The second-order valence-electron chi connectivity index (χ2n) is 4.84. The van der Waals surface area contributed by atoms with E-state index in [4.69, 9.17) is 16.3 Å². The molecule has 19 heavy (non-hydrogen) atoms. The second kappa shape index (κ2) is 5.31. The van der Waals surface area contributed by atoms with Crippen molar-refractivity contribution in [1.82, 2.24) is 10.2 Å². The Bertz CT molecular complexity index is 590. The lowest BCUT2D eigenvalue weighted by Gasteiger charge is -2.20. The molecule has 0 saturated heterocycles. The number of halogens is 1. The summed E-state index contributed by atoms with van der Waals surface area (Å²) in [6.07, 6.45) is 3.61. The highest BCUT2D eigenvalue weighted by atomic mass is 35.5. The van der Waals surface area contributed by atoms with Gasteiger partial charge in [0.1, 0.15) is 0 Å². The second-order valence-corrected chi connectivity index (χ2v) is 5.20. The molecule has 100 valence electrons. The summed E-state index contributed by atoms with van der Waals surface area (Å²) in [6.45, 7) is 0. The lowest BCUT2D eigenvalue weighted by Crippen LogP contribution is -2.30. The summed E-state index contributed by atoms with van der Waals surface area (Å²) in [6, 6.07) is 8.19. The molecule has 1 aromatic heterocycles. The fraction of sp³-hybridized carbons (Fsp3) is 0.429. The minimum absolute atomic E-state index is 0.247. The van der Waals surface area contributed by atoms with Crippen molar-refractivity contribution in [3.63, 3.8) is 0 Å². The maximum Gasteiger partial charge on any atom is 0.159 e. The summed E-state index contributed by atoms with van der Waals surface area (Å²) in [5.41, 5.74) is 0. The normalized spacial score (nSPS) is 22.8. The van der Waals surface area contributed by atoms with Gasteiger partial charge in [0, 0.05) is 17.9 Å². The molecule has 1 N–H and O–H groups in total. The van der Waals surface area contributed by atoms with Gasteiger partial charge in [-0.2, -0.15) is 0 Å². The molecule has 2 unspecified atom stereocenters. The number of fused-ring (bicyclic) bond motifs is 1. The zero-order valence-electron chi connectivity index (χ0n) is 10.8. The Labute approximate surface area is 117 Å². The van der Waals surface area contributed by atoms with Crippen LogP contribution in [0.5, 0.6) is 0 Å². The summed E-state index contributed by atoms with van der Waals surface area (Å²) >= 11 is 6.08. The maximum atomic E-state index is 6.08. The molecule has 4 nitrogen and oxygen atoms in total. The Morgan fingerprint density at radius 2 is 2.00 bits per heavy atom. The highest BCUT2D eigenvalue weighted by Gasteiger charge is 2.27. The number of hydrogen-bond acceptors (Lipinski definition) is 4. The van der Waals surface area contributed by atoms with E-state index >= 15 is 0 Å². The van der Waals surface area contributed by atoms with Crippen molar-refractivity contribution in [2.24, 2.45) is 0 Å². The van der Waals surface area contributed by atoms with Crippen LogP contribution in [-0.2, 0) is 4.74 Å². The molecule has 2 atom stereocenters. The van der Waals surface area contributed by atoms with Crippen molar-refractivity contribution in [2.45, 2.75) is 31.4 Å². The van der Waals surface area contributed by atoms with Crippen LogP contribution in [0.15, 0.2) is 24.3 Å². The van der Waals surface area contributed by atoms with Gasteiger partial charge < -0.3 is 10.1 Å². The number of rotatable bonds is 3. The summed E-state index contributed by atoms with van der Waals surface area (Å²) in [5, 5.41) is 14.0. The number of methoxy groups -OCH3 is 1. The SMILES string of the molecule is COC1CCCC1Nc1nnc(Cl)c2ccccc12. The van der Waals surface area contributed by atoms with E-state index < -0.39 is 0 Å². The van der Waals surface area contributed by atoms with Crippen LogP contribution >= 0.6 is 11.6 Å². The summed E-state index contributed by atoms with van der Waals surface area (Å²) in [5.74, 6) is 0.786. The van der Waals surface area contributed by atoms with E-state index in [2.05, 4.69) is 15.5 Å². The van der Waals surface area contributed by atoms with Gasteiger partial charge >= 0.3 is 0 Å². The van der Waals surface area contributed by atoms with E-state index in [0.29, 0.717) is 11.2 Å². The first kappa shape index (κ1) is 12.6. The lowest BCUT2D eigenvalue weighted by molar-refractivity contribution is 0.101. The lowest BCUT2D eigenvalue weighted by atomic mass is 10.1. The monoisotopic (exact) mass is 277 g/mol. The molecule has 0 spiro atoms. The maximum absolute atomic E-state index is 6.08. The zero-order valence-corrected chi connectivity index (χ0v) is 11.5. The number of anilines is 1. The average Bonchev–Trinajstić information content (AvgIpc) is 2.89. The molecule has 1 fully saturated rings. The van der Waals surface area contributed by atoms with Gasteiger partial charge in [0.05, 0.1) is 12.1 Å². The summed E-state index contributed by atoms with van der Waals surface area (Å²) in [4.78, 5) is 0. The quantitative estimate of drug-likeness (QED) is 0.935. The third-order valence-electron chi connectivity index (χ3n) is 3.72. The van der Waals surface area contributed by atoms with Crippen molar-refractivity contribution in [1.29, 1.82) is 0 Å². The average molecular weight is 278 g/mol. The number of nitrogens with one attached hydrogen (secondary N) is 1. The molecule has 1 saturated carbocycles. The molecule has 1 aliphatic carbocycles. The molecular formula is C14H16ClN3O. The highest BCUT2D eigenvalue weighted by Crippen LogP contribution is 2.29. The van der Waals surface area contributed by atoms with Crippen LogP contribution in [0.2, 0.25) is 5.15 Å². The zero-order chi connectivity index (χ0) is 13.2. The van der Waals surface area contributed by atoms with Crippen LogP contribution in [0.3, 0.4) is 0 Å². The molecular weight excluding hydrogens is 262 g/mol. The van der Waals surface area contributed by atoms with Gasteiger partial charge in [-0.15, -0.1) is 10.2 Å². The predicted octanol–water partition coefficient (Wildman–Crippen LogP) is 3.26. The van der Waals surface area contributed by atoms with Crippen LogP contribution in [0.25, 0.3) is 10.8 Å². The van der Waals surface area contributed by atoms with E-state index in [1.165, 1.54) is 6.42 Å². The standard InChI is InChI=1S/C14H16ClN3O/c1-19-12-8-4-7-11(12)16-14-10-6-3-2-5-9(10)13(15)17-18-14/h2-3,5-6,11-12H,4,7-8H2,1H3,(H,16,18). The number of ether oxygens (including phenoxy) is 1. The van der Waals surface area contributed by atoms with Gasteiger partial charge in [-0.1, -0.05) is 35.9 Å². The van der Waals surface area contributed by atoms with E-state index in [-0.39, 0.29) is 6.10 Å². The summed E-state index contributed by atoms with van der Waals surface area (Å²) in [7, 11) is 1.76. The molecule has 5 heteroatoms. The number of benzene rings is 1. The van der Waals surface area contributed by atoms with Crippen molar-refractivity contribution in [3.8, 4) is 0 Å². The van der Waals surface area contributed by atoms with Crippen molar-refractivity contribution in [3.05, 3.63) is 29.4 Å². The topological polar surface area (TPSA) is 47.0 Å². The fourth-order valence-electron chi connectivity index (χ4n) is 2.73. The molecule has 1 aliphatic rings. The molecule has 0 aliphatic heterocycles. The van der Waals surface area contributed by atoms with E-state index in [1.54, 1.807) is 7.11 Å². The largest absolute Gasteiger partial charge is 0.379 e. The highest BCUT2D eigenvalue weighted by molar-refractivity contribution is 6.34. The minimum atomic E-state index is 0.247. The van der Waals surface area contributed by atoms with Gasteiger partial charge in [0.15, 0.2) is 11.0 Å². The first-order chi connectivity index (χ1) is 9.29. The van der Waals surface area contributed by atoms with E-state index in [9.17, 15) is 0 Å². The van der Waals surface area contributed by atoms with Gasteiger partial charge in [0.2, 0.25) is 0 Å².